The van der Waals surface area contributed by atoms with Gasteiger partial charge >= 0.3 is 5.97 Å². The number of rotatable bonds is 6. The first-order valence-corrected chi connectivity index (χ1v) is 12.7. The summed E-state index contributed by atoms with van der Waals surface area (Å²) in [7, 11) is 0. The summed E-state index contributed by atoms with van der Waals surface area (Å²) in [6, 6.07) is 14.7. The molecule has 0 unspecified atom stereocenters. The number of para-hydroxylation sites is 2. The second-order valence-electron chi connectivity index (χ2n) is 8.80. The minimum absolute atomic E-state index is 0.0834. The third kappa shape index (κ3) is 4.18. The first-order chi connectivity index (χ1) is 17.4. The van der Waals surface area contributed by atoms with Gasteiger partial charge in [-0.15, -0.1) is 0 Å². The number of carbonyl (C=O) groups is 1. The van der Waals surface area contributed by atoms with Gasteiger partial charge in [0.15, 0.2) is 4.80 Å². The van der Waals surface area contributed by atoms with Crippen molar-refractivity contribution in [2.75, 3.05) is 6.61 Å². The van der Waals surface area contributed by atoms with E-state index in [0.717, 1.165) is 16.5 Å². The van der Waals surface area contributed by atoms with Crippen molar-refractivity contribution in [2.45, 2.75) is 39.8 Å². The van der Waals surface area contributed by atoms with Crippen molar-refractivity contribution >= 4 is 34.3 Å². The Labute approximate surface area is 212 Å². The summed E-state index contributed by atoms with van der Waals surface area (Å²) in [6.45, 7) is 7.64. The van der Waals surface area contributed by atoms with Crippen molar-refractivity contribution in [2.24, 2.45) is 4.99 Å². The predicted molar refractivity (Wildman–Crippen MR) is 141 cm³/mol. The Hall–Kier alpha value is -3.91. The fourth-order valence-electron chi connectivity index (χ4n) is 4.51. The van der Waals surface area contributed by atoms with Gasteiger partial charge in [0.1, 0.15) is 11.8 Å². The molecule has 2 aromatic heterocycles. The molecule has 0 bridgehead atoms. The molecule has 1 aliphatic heterocycles. The molecular formula is C28H27N3O4S. The van der Waals surface area contributed by atoms with E-state index in [0.29, 0.717) is 31.9 Å². The zero-order valence-corrected chi connectivity index (χ0v) is 21.4. The molecule has 0 saturated heterocycles. The van der Waals surface area contributed by atoms with Crippen molar-refractivity contribution in [3.05, 3.63) is 96.8 Å². The molecule has 0 aliphatic carbocycles. The lowest BCUT2D eigenvalue weighted by molar-refractivity contribution is -0.139. The highest BCUT2D eigenvalue weighted by atomic mass is 32.1. The molecular weight excluding hydrogens is 474 g/mol. The highest BCUT2D eigenvalue weighted by Gasteiger charge is 2.35. The van der Waals surface area contributed by atoms with Gasteiger partial charge in [-0.1, -0.05) is 47.7 Å². The summed E-state index contributed by atoms with van der Waals surface area (Å²) in [4.78, 5) is 35.5. The van der Waals surface area contributed by atoms with E-state index >= 15 is 0 Å². The number of aromatic nitrogens is 2. The summed E-state index contributed by atoms with van der Waals surface area (Å²) in [5.74, 6) is 0.120. The van der Waals surface area contributed by atoms with E-state index < -0.39 is 12.0 Å². The van der Waals surface area contributed by atoms with Crippen molar-refractivity contribution in [3.63, 3.8) is 0 Å². The second-order valence-corrected chi connectivity index (χ2v) is 9.81. The maximum atomic E-state index is 13.9. The molecule has 2 aromatic carbocycles. The van der Waals surface area contributed by atoms with Gasteiger partial charge in [0.05, 0.1) is 28.5 Å². The van der Waals surface area contributed by atoms with Crippen LogP contribution in [0.15, 0.2) is 75.8 Å². The Morgan fingerprint density at radius 2 is 1.94 bits per heavy atom. The lowest BCUT2D eigenvalue weighted by Gasteiger charge is -2.26. The summed E-state index contributed by atoms with van der Waals surface area (Å²) >= 11 is 1.31. The lowest BCUT2D eigenvalue weighted by Crippen LogP contribution is -2.40. The van der Waals surface area contributed by atoms with E-state index in [9.17, 15) is 9.59 Å². The average Bonchev–Trinajstić information content (AvgIpc) is 3.39. The van der Waals surface area contributed by atoms with Crippen molar-refractivity contribution in [1.82, 2.24) is 9.55 Å². The van der Waals surface area contributed by atoms with Crippen LogP contribution in [0, 0.1) is 0 Å². The molecule has 8 heteroatoms. The summed E-state index contributed by atoms with van der Waals surface area (Å²) < 4.78 is 13.6. The molecule has 1 atom stereocenters. The smallest absolute Gasteiger partial charge is 0.338 e. The Morgan fingerprint density at radius 3 is 2.72 bits per heavy atom. The first kappa shape index (κ1) is 23.8. The van der Waals surface area contributed by atoms with Gasteiger partial charge < -0.3 is 14.5 Å². The molecule has 5 rings (SSSR count). The van der Waals surface area contributed by atoms with Gasteiger partial charge in [-0.3, -0.25) is 9.36 Å². The van der Waals surface area contributed by atoms with Crippen LogP contribution in [0.5, 0.6) is 5.75 Å². The molecule has 0 radical (unpaired) electrons. The van der Waals surface area contributed by atoms with Gasteiger partial charge in [-0.2, -0.15) is 0 Å². The number of hydrogen-bond donors (Lipinski definition) is 1. The van der Waals surface area contributed by atoms with Crippen LogP contribution in [0.3, 0.4) is 0 Å². The van der Waals surface area contributed by atoms with Crippen LogP contribution < -0.4 is 19.6 Å². The zero-order chi connectivity index (χ0) is 25.4. The third-order valence-electron chi connectivity index (χ3n) is 6.00. The quantitative estimate of drug-likeness (QED) is 0.404. The molecule has 4 aromatic rings. The number of benzene rings is 2. The fraction of sp³-hybridized carbons (Fsp3) is 0.250. The molecule has 1 N–H and O–H groups in total. The van der Waals surface area contributed by atoms with Gasteiger partial charge in [0.25, 0.3) is 5.56 Å². The summed E-state index contributed by atoms with van der Waals surface area (Å²) in [5.41, 5.74) is 3.26. The van der Waals surface area contributed by atoms with E-state index in [4.69, 9.17) is 9.47 Å². The number of esters is 1. The van der Waals surface area contributed by atoms with E-state index in [1.807, 2.05) is 74.7 Å². The van der Waals surface area contributed by atoms with Crippen LogP contribution in [0.2, 0.25) is 0 Å². The topological polar surface area (TPSA) is 85.7 Å². The molecule has 36 heavy (non-hydrogen) atoms. The SMILES string of the molecule is CCOC(=O)C1=C(C)N=c2s/c(=C\c3c[nH]c4ccccc34)c(=O)n2[C@H]1c1ccccc1OC(C)C. The number of ether oxygens (including phenoxy) is 2. The van der Waals surface area contributed by atoms with E-state index in [1.165, 1.54) is 11.3 Å². The normalized spacial score (nSPS) is 15.8. The lowest BCUT2D eigenvalue weighted by atomic mass is 9.95. The summed E-state index contributed by atoms with van der Waals surface area (Å²) in [6.07, 6.45) is 3.68. The molecule has 1 aliphatic rings. The van der Waals surface area contributed by atoms with Gasteiger partial charge in [0.2, 0.25) is 0 Å². The van der Waals surface area contributed by atoms with Crippen molar-refractivity contribution < 1.29 is 14.3 Å². The minimum Gasteiger partial charge on any atom is -0.491 e. The van der Waals surface area contributed by atoms with Crippen LogP contribution in [0.1, 0.15) is 44.9 Å². The van der Waals surface area contributed by atoms with Gasteiger partial charge in [-0.25, -0.2) is 9.79 Å². The van der Waals surface area contributed by atoms with Crippen LogP contribution >= 0.6 is 11.3 Å². The molecule has 7 nitrogen and oxygen atoms in total. The zero-order valence-electron chi connectivity index (χ0n) is 20.6. The molecule has 184 valence electrons. The first-order valence-electron chi connectivity index (χ1n) is 11.9. The van der Waals surface area contributed by atoms with E-state index in [1.54, 1.807) is 18.4 Å². The van der Waals surface area contributed by atoms with Crippen molar-refractivity contribution in [1.29, 1.82) is 0 Å². The Balaban J connectivity index is 1.76. The monoisotopic (exact) mass is 501 g/mol. The molecule has 3 heterocycles. The van der Waals surface area contributed by atoms with Crippen LogP contribution in [-0.2, 0) is 9.53 Å². The maximum Gasteiger partial charge on any atom is 0.338 e. The largest absolute Gasteiger partial charge is 0.491 e. The number of nitrogens with one attached hydrogen (secondary N) is 1. The Kier molecular flexibility index (Phi) is 6.36. The number of carbonyl (C=O) groups excluding carboxylic acids is 1. The number of thiazole rings is 1. The van der Waals surface area contributed by atoms with Crippen LogP contribution in [0.25, 0.3) is 17.0 Å². The van der Waals surface area contributed by atoms with E-state index in [2.05, 4.69) is 9.98 Å². The number of H-pyrrole nitrogens is 1. The molecule has 0 saturated carbocycles. The molecule has 0 fully saturated rings. The maximum absolute atomic E-state index is 13.9. The predicted octanol–water partition coefficient (Wildman–Crippen LogP) is 4.07. The van der Waals surface area contributed by atoms with Crippen LogP contribution in [-0.4, -0.2) is 28.2 Å². The number of allylic oxidation sites excluding steroid dienone is 1. The van der Waals surface area contributed by atoms with Gasteiger partial charge in [0, 0.05) is 28.2 Å². The minimum atomic E-state index is -0.722. The number of hydrogen-bond acceptors (Lipinski definition) is 6. The number of nitrogens with zero attached hydrogens (tertiary/aromatic N) is 2. The molecule has 0 spiro atoms. The number of aromatic amines is 1. The number of fused-ring (bicyclic) bond motifs is 2. The summed E-state index contributed by atoms with van der Waals surface area (Å²) in [5, 5.41) is 1.03. The highest BCUT2D eigenvalue weighted by molar-refractivity contribution is 7.07. The third-order valence-corrected chi connectivity index (χ3v) is 6.98. The molecule has 0 amide bonds. The average molecular weight is 502 g/mol. The Morgan fingerprint density at radius 1 is 1.19 bits per heavy atom. The van der Waals surface area contributed by atoms with Crippen LogP contribution in [0.4, 0.5) is 0 Å². The van der Waals surface area contributed by atoms with Gasteiger partial charge in [-0.05, 0) is 45.9 Å². The standard InChI is InChI=1S/C28H27N3O4S/c1-5-34-27(33)24-17(4)30-28-31(25(24)20-11-7-9-13-22(20)35-16(2)3)26(32)23(36-28)14-18-15-29-21-12-8-6-10-19(18)21/h6-16,25,29H,5H2,1-4H3/b23-14-/t25-/m0/s1. The fourth-order valence-corrected chi connectivity index (χ4v) is 5.55. The second kappa shape index (κ2) is 9.62. The highest BCUT2D eigenvalue weighted by Crippen LogP contribution is 2.36. The van der Waals surface area contributed by atoms with Crippen molar-refractivity contribution in [3.8, 4) is 5.75 Å². The van der Waals surface area contributed by atoms with E-state index in [-0.39, 0.29) is 18.3 Å². The Bertz CT molecular complexity index is 1670.